The van der Waals surface area contributed by atoms with Crippen LogP contribution in [0.5, 0.6) is 0 Å². The van der Waals surface area contributed by atoms with Crippen LogP contribution in [-0.4, -0.2) is 29.4 Å². The third-order valence-corrected chi connectivity index (χ3v) is 3.49. The minimum absolute atomic E-state index is 0.0219. The number of ether oxygens (including phenoxy) is 1. The molecule has 2 rings (SSSR count). The topological polar surface area (TPSA) is 58.6 Å². The van der Waals surface area contributed by atoms with Crippen molar-refractivity contribution in [3.8, 4) is 0 Å². The van der Waals surface area contributed by atoms with Crippen molar-refractivity contribution in [3.63, 3.8) is 0 Å². The van der Waals surface area contributed by atoms with Gasteiger partial charge in [0, 0.05) is 12.6 Å². The predicted molar refractivity (Wildman–Crippen MR) is 92.5 cm³/mol. The van der Waals surface area contributed by atoms with E-state index in [2.05, 4.69) is 35.6 Å². The quantitative estimate of drug-likeness (QED) is 0.885. The Hall–Kier alpha value is -2.07. The summed E-state index contributed by atoms with van der Waals surface area (Å²) in [6, 6.07) is 14.3. The molecule has 2 aromatic carbocycles. The van der Waals surface area contributed by atoms with Crippen molar-refractivity contribution in [1.29, 1.82) is 0 Å². The predicted octanol–water partition coefficient (Wildman–Crippen LogP) is 3.66. The molecule has 23 heavy (non-hydrogen) atoms. The molecule has 0 bridgehead atoms. The van der Waals surface area contributed by atoms with Gasteiger partial charge in [0.25, 0.3) is 0 Å². The van der Waals surface area contributed by atoms with Crippen LogP contribution in [0, 0.1) is 0 Å². The zero-order chi connectivity index (χ0) is 16.9. The van der Waals surface area contributed by atoms with E-state index in [1.807, 2.05) is 32.9 Å². The van der Waals surface area contributed by atoms with E-state index < -0.39 is 11.7 Å². The lowest BCUT2D eigenvalue weighted by Gasteiger charge is -2.23. The summed E-state index contributed by atoms with van der Waals surface area (Å²) in [7, 11) is 0. The standard InChI is InChI=1S/C19H25NO3/c1-19(2,3)23-18(22)20-17(10-11-21)13-14-8-9-15-6-4-5-7-16(15)12-14/h4-9,12,17,21H,10-11,13H2,1-3H3,(H,20,22)/t17-/m1/s1. The maximum Gasteiger partial charge on any atom is 0.407 e. The molecule has 0 aliphatic rings. The van der Waals surface area contributed by atoms with Crippen LogP contribution < -0.4 is 5.32 Å². The Kier molecular flexibility index (Phi) is 5.61. The number of nitrogens with one attached hydrogen (secondary N) is 1. The molecule has 2 aromatic rings. The number of alkyl carbamates (subject to hydrolysis) is 1. The van der Waals surface area contributed by atoms with Gasteiger partial charge in [-0.2, -0.15) is 0 Å². The fourth-order valence-corrected chi connectivity index (χ4v) is 2.51. The summed E-state index contributed by atoms with van der Waals surface area (Å²) >= 11 is 0. The van der Waals surface area contributed by atoms with Gasteiger partial charge in [0.15, 0.2) is 0 Å². The number of carbonyl (C=O) groups excluding carboxylic acids is 1. The highest BCUT2D eigenvalue weighted by atomic mass is 16.6. The number of aliphatic hydroxyl groups is 1. The average molecular weight is 315 g/mol. The van der Waals surface area contributed by atoms with Crippen molar-refractivity contribution in [3.05, 3.63) is 48.0 Å². The fourth-order valence-electron chi connectivity index (χ4n) is 2.51. The van der Waals surface area contributed by atoms with Crippen LogP contribution in [-0.2, 0) is 11.2 Å². The molecule has 0 aliphatic heterocycles. The van der Waals surface area contributed by atoms with E-state index in [1.54, 1.807) is 0 Å². The molecule has 0 radical (unpaired) electrons. The third-order valence-electron chi connectivity index (χ3n) is 3.49. The van der Waals surface area contributed by atoms with Crippen LogP contribution in [0.3, 0.4) is 0 Å². The molecular formula is C19H25NO3. The van der Waals surface area contributed by atoms with Crippen molar-refractivity contribution in [2.24, 2.45) is 0 Å². The molecule has 0 saturated carbocycles. The summed E-state index contributed by atoms with van der Waals surface area (Å²) in [6.07, 6.45) is 0.702. The summed E-state index contributed by atoms with van der Waals surface area (Å²) in [5, 5.41) is 14.5. The Morgan fingerprint density at radius 1 is 1.17 bits per heavy atom. The molecule has 4 nitrogen and oxygen atoms in total. The second-order valence-corrected chi connectivity index (χ2v) is 6.74. The van der Waals surface area contributed by atoms with Gasteiger partial charge < -0.3 is 15.2 Å². The molecule has 4 heteroatoms. The Balaban J connectivity index is 2.06. The highest BCUT2D eigenvalue weighted by Gasteiger charge is 2.19. The largest absolute Gasteiger partial charge is 0.444 e. The molecule has 2 N–H and O–H groups in total. The van der Waals surface area contributed by atoms with E-state index in [0.29, 0.717) is 12.8 Å². The molecule has 0 unspecified atom stereocenters. The number of fused-ring (bicyclic) bond motifs is 1. The zero-order valence-corrected chi connectivity index (χ0v) is 14.0. The Morgan fingerprint density at radius 2 is 1.87 bits per heavy atom. The number of amides is 1. The number of rotatable bonds is 5. The highest BCUT2D eigenvalue weighted by molar-refractivity contribution is 5.83. The zero-order valence-electron chi connectivity index (χ0n) is 14.0. The molecule has 0 fully saturated rings. The second kappa shape index (κ2) is 7.47. The Bertz CT molecular complexity index is 661. The van der Waals surface area contributed by atoms with E-state index in [4.69, 9.17) is 4.74 Å². The van der Waals surface area contributed by atoms with Crippen LogP contribution in [0.2, 0.25) is 0 Å². The number of hydrogen-bond donors (Lipinski definition) is 2. The summed E-state index contributed by atoms with van der Waals surface area (Å²) in [5.74, 6) is 0. The number of hydrogen-bond acceptors (Lipinski definition) is 3. The van der Waals surface area contributed by atoms with E-state index in [-0.39, 0.29) is 12.6 Å². The number of aliphatic hydroxyl groups excluding tert-OH is 1. The van der Waals surface area contributed by atoms with Crippen LogP contribution in [0.1, 0.15) is 32.8 Å². The maximum atomic E-state index is 11.9. The van der Waals surface area contributed by atoms with Gasteiger partial charge >= 0.3 is 6.09 Å². The molecule has 0 heterocycles. The first-order valence-corrected chi connectivity index (χ1v) is 7.95. The number of carbonyl (C=O) groups is 1. The first kappa shape index (κ1) is 17.3. The van der Waals surface area contributed by atoms with Gasteiger partial charge in [-0.1, -0.05) is 42.5 Å². The summed E-state index contributed by atoms with van der Waals surface area (Å²) < 4.78 is 5.29. The van der Waals surface area contributed by atoms with Crippen LogP contribution in [0.25, 0.3) is 10.8 Å². The molecule has 0 saturated heterocycles. The van der Waals surface area contributed by atoms with Gasteiger partial charge in [-0.15, -0.1) is 0 Å². The van der Waals surface area contributed by atoms with Crippen LogP contribution in [0.4, 0.5) is 4.79 Å². The van der Waals surface area contributed by atoms with Gasteiger partial charge in [0.05, 0.1) is 0 Å². The highest BCUT2D eigenvalue weighted by Crippen LogP contribution is 2.17. The van der Waals surface area contributed by atoms with Crippen LogP contribution >= 0.6 is 0 Å². The molecule has 0 aromatic heterocycles. The van der Waals surface area contributed by atoms with E-state index in [9.17, 15) is 9.90 Å². The van der Waals surface area contributed by atoms with Gasteiger partial charge in [-0.3, -0.25) is 0 Å². The lowest BCUT2D eigenvalue weighted by molar-refractivity contribution is 0.0497. The second-order valence-electron chi connectivity index (χ2n) is 6.74. The van der Waals surface area contributed by atoms with Crippen molar-refractivity contribution in [2.75, 3.05) is 6.61 Å². The van der Waals surface area contributed by atoms with Crippen molar-refractivity contribution in [1.82, 2.24) is 5.32 Å². The smallest absolute Gasteiger partial charge is 0.407 e. The van der Waals surface area contributed by atoms with Crippen molar-refractivity contribution >= 4 is 16.9 Å². The van der Waals surface area contributed by atoms with Crippen molar-refractivity contribution in [2.45, 2.75) is 45.3 Å². The van der Waals surface area contributed by atoms with Gasteiger partial charge in [-0.25, -0.2) is 4.79 Å². The molecule has 0 aliphatic carbocycles. The normalized spacial score (nSPS) is 12.9. The number of benzene rings is 2. The van der Waals surface area contributed by atoms with Gasteiger partial charge in [0.2, 0.25) is 0 Å². The molecule has 0 spiro atoms. The molecular weight excluding hydrogens is 290 g/mol. The minimum atomic E-state index is -0.531. The van der Waals surface area contributed by atoms with Crippen LogP contribution in [0.15, 0.2) is 42.5 Å². The maximum absolute atomic E-state index is 11.9. The first-order chi connectivity index (χ1) is 10.9. The van der Waals surface area contributed by atoms with E-state index in [1.165, 1.54) is 10.8 Å². The van der Waals surface area contributed by atoms with E-state index >= 15 is 0 Å². The Morgan fingerprint density at radius 3 is 2.52 bits per heavy atom. The van der Waals surface area contributed by atoms with Crippen molar-refractivity contribution < 1.29 is 14.6 Å². The average Bonchev–Trinajstić information content (AvgIpc) is 2.45. The molecule has 124 valence electrons. The third kappa shape index (κ3) is 5.57. The fraction of sp³-hybridized carbons (Fsp3) is 0.421. The monoisotopic (exact) mass is 315 g/mol. The molecule has 1 atom stereocenters. The summed E-state index contributed by atoms with van der Waals surface area (Å²) in [4.78, 5) is 11.9. The van der Waals surface area contributed by atoms with E-state index in [0.717, 1.165) is 5.56 Å². The van der Waals surface area contributed by atoms with Gasteiger partial charge in [0.1, 0.15) is 5.60 Å². The lowest BCUT2D eigenvalue weighted by Crippen LogP contribution is -2.40. The summed E-state index contributed by atoms with van der Waals surface area (Å²) in [6.45, 7) is 5.51. The Labute approximate surface area is 137 Å². The first-order valence-electron chi connectivity index (χ1n) is 7.95. The van der Waals surface area contributed by atoms with Gasteiger partial charge in [-0.05, 0) is 49.9 Å². The SMILES string of the molecule is CC(C)(C)OC(=O)N[C@H](CCO)Cc1ccc2ccccc2c1. The lowest BCUT2D eigenvalue weighted by atomic mass is 10.0. The molecule has 1 amide bonds. The summed E-state index contributed by atoms with van der Waals surface area (Å²) in [5.41, 5.74) is 0.592. The minimum Gasteiger partial charge on any atom is -0.444 e.